The van der Waals surface area contributed by atoms with Crippen molar-refractivity contribution in [1.29, 1.82) is 0 Å². The molecule has 9 heteroatoms. The van der Waals surface area contributed by atoms with Gasteiger partial charge in [-0.3, -0.25) is 0 Å². The van der Waals surface area contributed by atoms with E-state index in [1.807, 2.05) is 31.2 Å². The largest absolute Gasteiger partial charge is 0.494 e. The highest BCUT2D eigenvalue weighted by atomic mass is 35.5. The smallest absolute Gasteiger partial charge is 0.156 e. The van der Waals surface area contributed by atoms with Crippen molar-refractivity contribution in [2.45, 2.75) is 45.6 Å². The average Bonchev–Trinajstić information content (AvgIpc) is 2.80. The van der Waals surface area contributed by atoms with Gasteiger partial charge in [-0.2, -0.15) is 0 Å². The predicted molar refractivity (Wildman–Crippen MR) is 141 cm³/mol. The fourth-order valence-electron chi connectivity index (χ4n) is 2.62. The first-order valence-electron chi connectivity index (χ1n) is 11.1. The lowest BCUT2D eigenvalue weighted by molar-refractivity contribution is 0.0712. The van der Waals surface area contributed by atoms with E-state index in [9.17, 15) is 0 Å². The number of rotatable bonds is 15. The Labute approximate surface area is 221 Å². The van der Waals surface area contributed by atoms with E-state index in [1.54, 1.807) is 18.3 Å². The number of unbranched alkanes of at least 4 members (excludes halogenated alkanes) is 2. The van der Waals surface area contributed by atoms with Gasteiger partial charge in [0.2, 0.25) is 0 Å². The zero-order chi connectivity index (χ0) is 24.8. The lowest BCUT2D eigenvalue weighted by Crippen LogP contribution is -2.02. The van der Waals surface area contributed by atoms with E-state index in [4.69, 9.17) is 65.5 Å². The van der Waals surface area contributed by atoms with Crippen LogP contribution in [0.15, 0.2) is 52.1 Å². The SMILES string of the molecule is CCC(C)O/N=C/c1ccc(OCCCCCOc2c(Cl)cc(OCC=C(Cl)Cl)cc2Cl)cc1. The fourth-order valence-corrected chi connectivity index (χ4v) is 3.33. The molecule has 0 heterocycles. The lowest BCUT2D eigenvalue weighted by Gasteiger charge is -2.12. The Bertz CT molecular complexity index is 908. The van der Waals surface area contributed by atoms with Gasteiger partial charge in [0, 0.05) is 12.1 Å². The second kappa shape index (κ2) is 16.0. The van der Waals surface area contributed by atoms with Crippen LogP contribution in [0.4, 0.5) is 0 Å². The van der Waals surface area contributed by atoms with Crippen LogP contribution in [0, 0.1) is 0 Å². The summed E-state index contributed by atoms with van der Waals surface area (Å²) in [4.78, 5) is 5.30. The van der Waals surface area contributed by atoms with E-state index in [1.165, 1.54) is 6.08 Å². The molecule has 0 saturated heterocycles. The Morgan fingerprint density at radius 1 is 0.912 bits per heavy atom. The highest BCUT2D eigenvalue weighted by Crippen LogP contribution is 2.37. The quantitative estimate of drug-likeness (QED) is 0.127. The van der Waals surface area contributed by atoms with Crippen LogP contribution in [0.2, 0.25) is 10.0 Å². The summed E-state index contributed by atoms with van der Waals surface area (Å²) in [5.74, 6) is 1.77. The van der Waals surface area contributed by atoms with E-state index in [-0.39, 0.29) is 17.2 Å². The molecule has 2 rings (SSSR count). The van der Waals surface area contributed by atoms with Gasteiger partial charge in [-0.1, -0.05) is 58.5 Å². The number of oxime groups is 1. The first-order valence-corrected chi connectivity index (χ1v) is 12.6. The van der Waals surface area contributed by atoms with E-state index < -0.39 is 0 Å². The molecular formula is C25H29Cl4NO4. The van der Waals surface area contributed by atoms with Crippen molar-refractivity contribution >= 4 is 52.6 Å². The minimum Gasteiger partial charge on any atom is -0.494 e. The summed E-state index contributed by atoms with van der Waals surface area (Å²) < 4.78 is 17.2. The highest BCUT2D eigenvalue weighted by Gasteiger charge is 2.10. The number of benzene rings is 2. The summed E-state index contributed by atoms with van der Waals surface area (Å²) in [5, 5.41) is 4.75. The molecule has 0 aliphatic heterocycles. The van der Waals surface area contributed by atoms with Crippen molar-refractivity contribution in [1.82, 2.24) is 0 Å². The standard InChI is InChI=1S/C25H29Cl4NO4/c1-3-18(2)34-30-17-19-7-9-20(10-8-19)31-12-5-4-6-13-33-25-22(26)15-21(16-23(25)27)32-14-11-24(28)29/h7-11,15-18H,3-6,12-14H2,1-2H3/b30-17+. The van der Waals surface area contributed by atoms with Crippen LogP contribution < -0.4 is 14.2 Å². The molecule has 1 atom stereocenters. The monoisotopic (exact) mass is 547 g/mol. The molecule has 0 N–H and O–H groups in total. The zero-order valence-electron chi connectivity index (χ0n) is 19.2. The van der Waals surface area contributed by atoms with Crippen LogP contribution in [0.3, 0.4) is 0 Å². The zero-order valence-corrected chi connectivity index (χ0v) is 22.3. The van der Waals surface area contributed by atoms with Gasteiger partial charge in [-0.05, 0) is 68.5 Å². The summed E-state index contributed by atoms with van der Waals surface area (Å²) in [5.41, 5.74) is 0.959. The third-order valence-electron chi connectivity index (χ3n) is 4.66. The number of halogens is 4. The van der Waals surface area contributed by atoms with E-state index >= 15 is 0 Å². The van der Waals surface area contributed by atoms with Gasteiger partial charge in [0.15, 0.2) is 5.75 Å². The topological polar surface area (TPSA) is 49.3 Å². The molecule has 2 aromatic carbocycles. The van der Waals surface area contributed by atoms with Crippen LogP contribution in [0.5, 0.6) is 17.2 Å². The molecule has 1 unspecified atom stereocenters. The van der Waals surface area contributed by atoms with Gasteiger partial charge in [-0.25, -0.2) is 0 Å². The minimum atomic E-state index is 0.114. The van der Waals surface area contributed by atoms with E-state index in [0.29, 0.717) is 34.8 Å². The first-order chi connectivity index (χ1) is 16.4. The number of hydrogen-bond acceptors (Lipinski definition) is 5. The third kappa shape index (κ3) is 11.1. The molecule has 0 saturated carbocycles. The van der Waals surface area contributed by atoms with Crippen molar-refractivity contribution in [3.8, 4) is 17.2 Å². The molecule has 186 valence electrons. The molecule has 0 radical (unpaired) electrons. The van der Waals surface area contributed by atoms with Crippen LogP contribution in [-0.4, -0.2) is 32.1 Å². The highest BCUT2D eigenvalue weighted by molar-refractivity contribution is 6.55. The summed E-state index contributed by atoms with van der Waals surface area (Å²) in [6, 6.07) is 11.0. The number of ether oxygens (including phenoxy) is 3. The van der Waals surface area contributed by atoms with Crippen LogP contribution in [-0.2, 0) is 4.84 Å². The Kier molecular flexibility index (Phi) is 13.4. The molecule has 0 spiro atoms. The average molecular weight is 549 g/mol. The second-order valence-corrected chi connectivity index (χ2v) is 9.23. The van der Waals surface area contributed by atoms with Crippen molar-refractivity contribution in [2.24, 2.45) is 5.16 Å². The first kappa shape index (κ1) is 28.4. The molecule has 0 aliphatic carbocycles. The maximum atomic E-state index is 6.27. The lowest BCUT2D eigenvalue weighted by atomic mass is 10.2. The Hall–Kier alpha value is -1.79. The molecule has 0 aromatic heterocycles. The van der Waals surface area contributed by atoms with Crippen LogP contribution in [0.25, 0.3) is 0 Å². The van der Waals surface area contributed by atoms with Gasteiger partial charge in [0.05, 0.1) is 29.5 Å². The Morgan fingerprint density at radius 2 is 1.56 bits per heavy atom. The second-order valence-electron chi connectivity index (χ2n) is 7.41. The molecule has 0 bridgehead atoms. The minimum absolute atomic E-state index is 0.114. The summed E-state index contributed by atoms with van der Waals surface area (Å²) in [6.07, 6.45) is 6.95. The van der Waals surface area contributed by atoms with Gasteiger partial charge < -0.3 is 19.0 Å². The maximum absolute atomic E-state index is 6.27. The van der Waals surface area contributed by atoms with Crippen LogP contribution in [0.1, 0.15) is 45.1 Å². The molecule has 0 aliphatic rings. The predicted octanol–water partition coefficient (Wildman–Crippen LogP) is 8.47. The van der Waals surface area contributed by atoms with Gasteiger partial charge >= 0.3 is 0 Å². The van der Waals surface area contributed by atoms with Crippen LogP contribution >= 0.6 is 46.4 Å². The molecule has 34 heavy (non-hydrogen) atoms. The van der Waals surface area contributed by atoms with Crippen molar-refractivity contribution in [2.75, 3.05) is 19.8 Å². The van der Waals surface area contributed by atoms with E-state index in [0.717, 1.165) is 37.0 Å². The van der Waals surface area contributed by atoms with Crippen molar-refractivity contribution in [3.05, 3.63) is 62.6 Å². The Morgan fingerprint density at radius 3 is 2.18 bits per heavy atom. The van der Waals surface area contributed by atoms with Crippen molar-refractivity contribution in [3.63, 3.8) is 0 Å². The summed E-state index contributed by atoms with van der Waals surface area (Å²) >= 11 is 23.7. The van der Waals surface area contributed by atoms with Gasteiger partial charge in [0.1, 0.15) is 28.7 Å². The van der Waals surface area contributed by atoms with Crippen molar-refractivity contribution < 1.29 is 19.0 Å². The third-order valence-corrected chi connectivity index (χ3v) is 5.53. The molecule has 2 aromatic rings. The normalized spacial score (nSPS) is 11.8. The maximum Gasteiger partial charge on any atom is 0.156 e. The van der Waals surface area contributed by atoms with Gasteiger partial charge in [-0.15, -0.1) is 0 Å². The summed E-state index contributed by atoms with van der Waals surface area (Å²) in [7, 11) is 0. The fraction of sp³-hybridized carbons (Fsp3) is 0.400. The molecular weight excluding hydrogens is 520 g/mol. The molecule has 5 nitrogen and oxygen atoms in total. The molecule has 0 fully saturated rings. The summed E-state index contributed by atoms with van der Waals surface area (Å²) in [6.45, 7) is 5.37. The number of hydrogen-bond donors (Lipinski definition) is 0. The Balaban J connectivity index is 1.64. The van der Waals surface area contributed by atoms with Gasteiger partial charge in [0.25, 0.3) is 0 Å². The van der Waals surface area contributed by atoms with E-state index in [2.05, 4.69) is 12.1 Å². The molecule has 0 amide bonds. The number of nitrogens with zero attached hydrogens (tertiary/aromatic N) is 1.